The van der Waals surface area contributed by atoms with Crippen LogP contribution in [0.3, 0.4) is 0 Å². The van der Waals surface area contributed by atoms with Gasteiger partial charge in [-0.05, 0) is 12.5 Å². The Bertz CT molecular complexity index is 216. The summed E-state index contributed by atoms with van der Waals surface area (Å²) in [6.45, 7) is 1.92. The van der Waals surface area contributed by atoms with Crippen LogP contribution in [-0.2, 0) is 0 Å². The molecule has 0 N–H and O–H groups in total. The molecule has 0 atom stereocenters. The molecule has 0 aromatic heterocycles. The molecule has 0 saturated heterocycles. The molecule has 0 saturated carbocycles. The van der Waals surface area contributed by atoms with Crippen LogP contribution in [0.15, 0.2) is 24.3 Å². The summed E-state index contributed by atoms with van der Waals surface area (Å²) in [5.74, 6) is 0. The Balaban J connectivity index is 3.15. The van der Waals surface area contributed by atoms with Gasteiger partial charge in [0.15, 0.2) is 0 Å². The van der Waals surface area contributed by atoms with Crippen molar-refractivity contribution in [1.29, 1.82) is 0 Å². The monoisotopic (exact) mass is 121 g/mol. The second kappa shape index (κ2) is 2.44. The van der Waals surface area contributed by atoms with Crippen LogP contribution in [-0.4, -0.2) is 6.29 Å². The lowest BCUT2D eigenvalue weighted by molar-refractivity contribution is 0.112. The van der Waals surface area contributed by atoms with Gasteiger partial charge in [0.2, 0.25) is 0 Å². The molecule has 46 valence electrons. The first kappa shape index (κ1) is 6.02. The van der Waals surface area contributed by atoms with Gasteiger partial charge in [-0.15, -0.1) is 0 Å². The quantitative estimate of drug-likeness (QED) is 0.409. The van der Waals surface area contributed by atoms with E-state index in [4.69, 9.17) is 0 Å². The number of aryl methyl sites for hydroxylation is 1. The van der Waals surface area contributed by atoms with Crippen LogP contribution in [0.4, 0.5) is 0 Å². The number of carbonyl (C=O) groups excluding carboxylic acids is 1. The molecule has 1 rings (SSSR count). The maximum Gasteiger partial charge on any atom is 0.150 e. The number of hydrogen-bond donors (Lipinski definition) is 0. The lowest BCUT2D eigenvalue weighted by Crippen LogP contribution is -1.82. The van der Waals surface area contributed by atoms with Gasteiger partial charge < -0.3 is 0 Å². The van der Waals surface area contributed by atoms with E-state index in [2.05, 4.69) is 0 Å². The molecular weight excluding hydrogens is 113 g/mol. The van der Waals surface area contributed by atoms with Crippen molar-refractivity contribution in [3.63, 3.8) is 0 Å². The van der Waals surface area contributed by atoms with Gasteiger partial charge in [-0.2, -0.15) is 0 Å². The summed E-state index contributed by atoms with van der Waals surface area (Å²) in [6.07, 6.45) is 0.870. The standard InChI is InChI=1S/C8H8O/c1-7-4-2-3-5-8(7)6-9/h2-6H,1H3/i6+1. The molecule has 0 bridgehead atoms. The zero-order valence-electron chi connectivity index (χ0n) is 5.29. The Labute approximate surface area is 54.3 Å². The number of hydrogen-bond acceptors (Lipinski definition) is 1. The van der Waals surface area contributed by atoms with Crippen LogP contribution in [0.25, 0.3) is 0 Å². The molecule has 0 unspecified atom stereocenters. The highest BCUT2D eigenvalue weighted by Crippen LogP contribution is 2.02. The van der Waals surface area contributed by atoms with E-state index < -0.39 is 0 Å². The fraction of sp³-hybridized carbons (Fsp3) is 0.125. The van der Waals surface area contributed by atoms with Crippen molar-refractivity contribution in [2.24, 2.45) is 0 Å². The third kappa shape index (κ3) is 1.17. The number of rotatable bonds is 1. The average Bonchev–Trinajstić information content (AvgIpc) is 1.89. The maximum atomic E-state index is 10.2. The lowest BCUT2D eigenvalue weighted by Gasteiger charge is -1.92. The van der Waals surface area contributed by atoms with E-state index in [9.17, 15) is 4.79 Å². The van der Waals surface area contributed by atoms with Crippen molar-refractivity contribution in [3.8, 4) is 0 Å². The molecule has 0 amide bonds. The summed E-state index contributed by atoms with van der Waals surface area (Å²) in [4.78, 5) is 10.2. The summed E-state index contributed by atoms with van der Waals surface area (Å²) in [5, 5.41) is 0. The minimum atomic E-state index is 0.775. The second-order valence-electron chi connectivity index (χ2n) is 1.97. The highest BCUT2D eigenvalue weighted by atomic mass is 16.2. The summed E-state index contributed by atoms with van der Waals surface area (Å²) in [7, 11) is 0. The number of carbonyl (C=O) groups is 1. The van der Waals surface area contributed by atoms with Crippen molar-refractivity contribution < 1.29 is 4.79 Å². The molecule has 0 heterocycles. The molecule has 0 fully saturated rings. The van der Waals surface area contributed by atoms with Crippen molar-refractivity contribution >= 4 is 6.29 Å². The molecule has 0 spiro atoms. The lowest BCUT2D eigenvalue weighted by atomic mass is 10.2. The Morgan fingerprint density at radius 3 is 2.44 bits per heavy atom. The molecule has 0 aliphatic carbocycles. The molecule has 1 aromatic rings. The minimum Gasteiger partial charge on any atom is -0.298 e. The van der Waals surface area contributed by atoms with Crippen LogP contribution in [0, 0.1) is 6.92 Å². The molecule has 0 aliphatic heterocycles. The van der Waals surface area contributed by atoms with E-state index in [0.717, 1.165) is 17.4 Å². The molecule has 9 heavy (non-hydrogen) atoms. The Hall–Kier alpha value is -1.11. The Morgan fingerprint density at radius 2 is 2.00 bits per heavy atom. The fourth-order valence-electron chi connectivity index (χ4n) is 0.719. The van der Waals surface area contributed by atoms with Crippen molar-refractivity contribution in [2.75, 3.05) is 0 Å². The van der Waals surface area contributed by atoms with E-state index in [0.29, 0.717) is 0 Å². The zero-order valence-corrected chi connectivity index (χ0v) is 5.29. The topological polar surface area (TPSA) is 17.1 Å². The first-order chi connectivity index (χ1) is 4.34. The van der Waals surface area contributed by atoms with Gasteiger partial charge in [-0.25, -0.2) is 0 Å². The predicted molar refractivity (Wildman–Crippen MR) is 36.6 cm³/mol. The van der Waals surface area contributed by atoms with Crippen LogP contribution in [0.1, 0.15) is 15.9 Å². The first-order valence-corrected chi connectivity index (χ1v) is 2.85. The van der Waals surface area contributed by atoms with Crippen LogP contribution >= 0.6 is 0 Å². The largest absolute Gasteiger partial charge is 0.298 e. The molecule has 0 radical (unpaired) electrons. The fourth-order valence-corrected chi connectivity index (χ4v) is 0.719. The van der Waals surface area contributed by atoms with Crippen LogP contribution < -0.4 is 0 Å². The van der Waals surface area contributed by atoms with E-state index in [1.54, 1.807) is 0 Å². The molecule has 0 aliphatic rings. The van der Waals surface area contributed by atoms with Crippen LogP contribution in [0.2, 0.25) is 0 Å². The van der Waals surface area contributed by atoms with Gasteiger partial charge in [-0.3, -0.25) is 4.79 Å². The predicted octanol–water partition coefficient (Wildman–Crippen LogP) is 1.81. The van der Waals surface area contributed by atoms with E-state index >= 15 is 0 Å². The summed E-state index contributed by atoms with van der Waals surface area (Å²) in [6, 6.07) is 7.51. The average molecular weight is 121 g/mol. The van der Waals surface area contributed by atoms with Gasteiger partial charge >= 0.3 is 0 Å². The van der Waals surface area contributed by atoms with Crippen molar-refractivity contribution in [2.45, 2.75) is 6.92 Å². The molecular formula is C8H8O. The summed E-state index contributed by atoms with van der Waals surface area (Å²) in [5.41, 5.74) is 1.81. The highest BCUT2D eigenvalue weighted by Gasteiger charge is 1.90. The van der Waals surface area contributed by atoms with Gasteiger partial charge in [0.25, 0.3) is 0 Å². The summed E-state index contributed by atoms with van der Waals surface area (Å²) >= 11 is 0. The third-order valence-corrected chi connectivity index (χ3v) is 1.32. The third-order valence-electron chi connectivity index (χ3n) is 1.32. The summed E-state index contributed by atoms with van der Waals surface area (Å²) < 4.78 is 0. The maximum absolute atomic E-state index is 10.2. The van der Waals surface area contributed by atoms with Crippen molar-refractivity contribution in [3.05, 3.63) is 35.4 Å². The molecule has 1 heteroatoms. The highest BCUT2D eigenvalue weighted by molar-refractivity contribution is 5.76. The van der Waals surface area contributed by atoms with E-state index in [1.807, 2.05) is 31.2 Å². The Morgan fingerprint density at radius 1 is 1.33 bits per heavy atom. The van der Waals surface area contributed by atoms with Gasteiger partial charge in [0, 0.05) is 5.56 Å². The Kier molecular flexibility index (Phi) is 1.63. The second-order valence-corrected chi connectivity index (χ2v) is 1.97. The van der Waals surface area contributed by atoms with Crippen molar-refractivity contribution in [1.82, 2.24) is 0 Å². The van der Waals surface area contributed by atoms with Crippen LogP contribution in [0.5, 0.6) is 0 Å². The van der Waals surface area contributed by atoms with Gasteiger partial charge in [-0.1, -0.05) is 24.3 Å². The SMILES string of the molecule is Cc1ccccc1[13CH]=O. The smallest absolute Gasteiger partial charge is 0.150 e. The van der Waals surface area contributed by atoms with E-state index in [-0.39, 0.29) is 0 Å². The van der Waals surface area contributed by atoms with E-state index in [1.165, 1.54) is 0 Å². The molecule has 1 aromatic carbocycles. The number of aldehydes is 1. The normalized spacial score (nSPS) is 9.00. The van der Waals surface area contributed by atoms with Gasteiger partial charge in [0.1, 0.15) is 6.29 Å². The first-order valence-electron chi connectivity index (χ1n) is 2.85. The molecule has 1 nitrogen and oxygen atoms in total. The van der Waals surface area contributed by atoms with Gasteiger partial charge in [0.05, 0.1) is 0 Å². The number of benzene rings is 1. The zero-order chi connectivity index (χ0) is 6.69. The minimum absolute atomic E-state index is 0.775.